The molecule has 0 bridgehead atoms. The second-order valence-corrected chi connectivity index (χ2v) is 12.6. The topological polar surface area (TPSA) is 111 Å². The fraction of sp³-hybridized carbons (Fsp3) is 0.235. The number of hydrogen-bond acceptors (Lipinski definition) is 6. The Morgan fingerprint density at radius 3 is 1.14 bits per heavy atom. The smallest absolute Gasteiger partial charge is 0.221 e. The summed E-state index contributed by atoms with van der Waals surface area (Å²) in [6.45, 7) is 2.92. The number of aryl methyl sites for hydroxylation is 2. The number of anilines is 2. The van der Waals surface area contributed by atoms with E-state index in [9.17, 15) is 18.0 Å². The van der Waals surface area contributed by atoms with Gasteiger partial charge >= 0.3 is 0 Å². The number of rotatable bonds is 14. The number of carbonyl (C=O) groups is 2. The van der Waals surface area contributed by atoms with E-state index >= 15 is 0 Å². The van der Waals surface area contributed by atoms with Crippen LogP contribution >= 0.6 is 0 Å². The summed E-state index contributed by atoms with van der Waals surface area (Å²) in [6.07, 6.45) is 2.46. The lowest BCUT2D eigenvalue weighted by atomic mass is 10.1. The van der Waals surface area contributed by atoms with E-state index in [-0.39, 0.29) is 23.3 Å². The van der Waals surface area contributed by atoms with Crippen molar-refractivity contribution in [1.29, 1.82) is 0 Å². The van der Waals surface area contributed by atoms with Gasteiger partial charge < -0.3 is 20.1 Å². The summed E-state index contributed by atoms with van der Waals surface area (Å²) in [7, 11) is -3.14. The molecule has 0 aromatic heterocycles. The van der Waals surface area contributed by atoms with Gasteiger partial charge in [0.1, 0.15) is 32.8 Å². The maximum atomic E-state index is 12.6. The molecule has 0 aliphatic rings. The first-order chi connectivity index (χ1) is 20.6. The predicted octanol–water partition coefficient (Wildman–Crippen LogP) is 7.17. The minimum Gasteiger partial charge on any atom is -0.457 e. The van der Waals surface area contributed by atoms with Gasteiger partial charge in [-0.1, -0.05) is 24.3 Å². The third-order valence-corrected chi connectivity index (χ3v) is 8.33. The van der Waals surface area contributed by atoms with Gasteiger partial charge in [0, 0.05) is 25.2 Å². The van der Waals surface area contributed by atoms with Crippen LogP contribution in [0.25, 0.3) is 0 Å². The first-order valence-electron chi connectivity index (χ1n) is 14.1. The van der Waals surface area contributed by atoms with E-state index in [4.69, 9.17) is 9.47 Å². The second-order valence-electron chi connectivity index (χ2n) is 10.3. The first kappa shape index (κ1) is 31.3. The van der Waals surface area contributed by atoms with E-state index < -0.39 is 9.84 Å². The van der Waals surface area contributed by atoms with Crippen LogP contribution in [0.15, 0.2) is 97.1 Å². The van der Waals surface area contributed by atoms with Crippen molar-refractivity contribution in [2.45, 2.75) is 39.5 Å². The van der Waals surface area contributed by atoms with Crippen molar-refractivity contribution in [1.82, 2.24) is 0 Å². The summed E-state index contributed by atoms with van der Waals surface area (Å²) < 4.78 is 36.9. The van der Waals surface area contributed by atoms with Gasteiger partial charge in [-0.3, -0.25) is 9.59 Å². The van der Waals surface area contributed by atoms with Gasteiger partial charge in [-0.25, -0.2) is 8.42 Å². The first-order valence-corrected chi connectivity index (χ1v) is 15.9. The summed E-state index contributed by atoms with van der Waals surface area (Å²) in [5.74, 6) is 2.72. The van der Waals surface area contributed by atoms with E-state index in [1.807, 2.05) is 48.5 Å². The van der Waals surface area contributed by atoms with Gasteiger partial charge in [-0.05, 0) is 110 Å². The summed E-state index contributed by atoms with van der Waals surface area (Å²) >= 11 is 0. The molecule has 0 spiro atoms. The Hall–Kier alpha value is -4.63. The molecule has 0 fully saturated rings. The molecule has 0 saturated heterocycles. The minimum absolute atomic E-state index is 0.129. The highest BCUT2D eigenvalue weighted by molar-refractivity contribution is 7.91. The Labute approximate surface area is 253 Å². The minimum atomic E-state index is -3.14. The molecule has 0 saturated carbocycles. The van der Waals surface area contributed by atoms with Crippen LogP contribution < -0.4 is 20.1 Å². The molecule has 2 amide bonds. The van der Waals surface area contributed by atoms with Crippen molar-refractivity contribution in [3.05, 3.63) is 108 Å². The lowest BCUT2D eigenvalue weighted by Crippen LogP contribution is -2.12. The molecule has 8 nitrogen and oxygen atoms in total. The van der Waals surface area contributed by atoms with Gasteiger partial charge in [0.05, 0.1) is 11.5 Å². The SMILES string of the molecule is CC(=O)Nc1ccc(Oc2ccc(CCCS(=O)(=O)CCCc3ccc(Oc4ccc(NC(C)=O)cc4)cc3)cc2)cc1. The fourth-order valence-electron chi connectivity index (χ4n) is 4.43. The van der Waals surface area contributed by atoms with Crippen LogP contribution in [-0.4, -0.2) is 31.7 Å². The van der Waals surface area contributed by atoms with Gasteiger partial charge in [0.2, 0.25) is 11.8 Å². The molecular formula is C34H36N2O6S. The maximum Gasteiger partial charge on any atom is 0.221 e. The summed E-state index contributed by atoms with van der Waals surface area (Å²) in [4.78, 5) is 22.3. The predicted molar refractivity (Wildman–Crippen MR) is 170 cm³/mol. The largest absolute Gasteiger partial charge is 0.457 e. The average Bonchev–Trinajstić information content (AvgIpc) is 2.96. The molecular weight excluding hydrogens is 564 g/mol. The molecule has 0 atom stereocenters. The van der Waals surface area contributed by atoms with Crippen LogP contribution in [0.2, 0.25) is 0 Å². The van der Waals surface area contributed by atoms with Gasteiger partial charge in [0.25, 0.3) is 0 Å². The zero-order chi connectivity index (χ0) is 30.7. The molecule has 0 aliphatic heterocycles. The van der Waals surface area contributed by atoms with Crippen molar-refractivity contribution in [3.63, 3.8) is 0 Å². The molecule has 9 heteroatoms. The third kappa shape index (κ3) is 10.9. The molecule has 0 radical (unpaired) electrons. The number of amides is 2. The lowest BCUT2D eigenvalue weighted by Gasteiger charge is -2.09. The Balaban J connectivity index is 1.15. The van der Waals surface area contributed by atoms with Crippen LogP contribution in [0.5, 0.6) is 23.0 Å². The molecule has 0 heterocycles. The molecule has 2 N–H and O–H groups in total. The zero-order valence-corrected chi connectivity index (χ0v) is 25.2. The zero-order valence-electron chi connectivity index (χ0n) is 24.3. The average molecular weight is 601 g/mol. The van der Waals surface area contributed by atoms with Gasteiger partial charge in [-0.15, -0.1) is 0 Å². The number of ether oxygens (including phenoxy) is 2. The van der Waals surface area contributed by atoms with Crippen LogP contribution in [0.4, 0.5) is 11.4 Å². The lowest BCUT2D eigenvalue weighted by molar-refractivity contribution is -0.115. The molecule has 4 aromatic rings. The van der Waals surface area contributed by atoms with Gasteiger partial charge in [0.15, 0.2) is 0 Å². The normalized spacial score (nSPS) is 11.0. The molecule has 0 aliphatic carbocycles. The van der Waals surface area contributed by atoms with E-state index in [0.29, 0.717) is 60.1 Å². The highest BCUT2D eigenvalue weighted by Crippen LogP contribution is 2.25. The number of nitrogens with one attached hydrogen (secondary N) is 2. The number of benzene rings is 4. The standard InChI is InChI=1S/C34H36N2O6S/c1-25(37)35-29-11-19-33(20-12-29)41-31-15-7-27(8-16-31)5-3-23-43(39,40)24-4-6-28-9-17-32(18-10-28)42-34-21-13-30(14-22-34)36-26(2)38/h7-22H,3-6,23-24H2,1-2H3,(H,35,37)(H,36,38). The van der Waals surface area contributed by atoms with Crippen LogP contribution in [0.3, 0.4) is 0 Å². The highest BCUT2D eigenvalue weighted by Gasteiger charge is 2.11. The number of sulfone groups is 1. The van der Waals surface area contributed by atoms with Crippen LogP contribution in [0.1, 0.15) is 37.8 Å². The molecule has 4 aromatic carbocycles. The summed E-state index contributed by atoms with van der Waals surface area (Å²) in [5.41, 5.74) is 3.51. The maximum absolute atomic E-state index is 12.6. The summed E-state index contributed by atoms with van der Waals surface area (Å²) in [6, 6.07) is 29.5. The van der Waals surface area contributed by atoms with Crippen molar-refractivity contribution >= 4 is 33.0 Å². The third-order valence-electron chi connectivity index (χ3n) is 6.51. The number of hydrogen-bond donors (Lipinski definition) is 2. The highest BCUT2D eigenvalue weighted by atomic mass is 32.2. The Bertz CT molecular complexity index is 1480. The quantitative estimate of drug-likeness (QED) is 0.159. The van der Waals surface area contributed by atoms with E-state index in [2.05, 4.69) is 10.6 Å². The fourth-order valence-corrected chi connectivity index (χ4v) is 5.81. The summed E-state index contributed by atoms with van der Waals surface area (Å²) in [5, 5.41) is 5.43. The van der Waals surface area contributed by atoms with Gasteiger partial charge in [-0.2, -0.15) is 0 Å². The Morgan fingerprint density at radius 2 is 0.837 bits per heavy atom. The van der Waals surface area contributed by atoms with E-state index in [0.717, 1.165) is 11.1 Å². The van der Waals surface area contributed by atoms with Crippen molar-refractivity contribution < 1.29 is 27.5 Å². The van der Waals surface area contributed by atoms with E-state index in [1.54, 1.807) is 48.5 Å². The monoisotopic (exact) mass is 600 g/mol. The molecule has 224 valence electrons. The number of carbonyl (C=O) groups excluding carboxylic acids is 2. The van der Waals surface area contributed by atoms with Crippen molar-refractivity contribution in [2.75, 3.05) is 22.1 Å². The van der Waals surface area contributed by atoms with Crippen LogP contribution in [0, 0.1) is 0 Å². The molecule has 43 heavy (non-hydrogen) atoms. The van der Waals surface area contributed by atoms with E-state index in [1.165, 1.54) is 13.8 Å². The molecule has 4 rings (SSSR count). The Kier molecular flexibility index (Phi) is 10.9. The van der Waals surface area contributed by atoms with Crippen LogP contribution in [-0.2, 0) is 32.3 Å². The van der Waals surface area contributed by atoms with Crippen molar-refractivity contribution in [2.24, 2.45) is 0 Å². The molecule has 0 unspecified atom stereocenters. The Morgan fingerprint density at radius 1 is 0.535 bits per heavy atom. The second kappa shape index (κ2) is 15.0. The van der Waals surface area contributed by atoms with Crippen molar-refractivity contribution in [3.8, 4) is 23.0 Å².